The Balaban J connectivity index is 1.33. The number of anilines is 1. The standard InChI is InChI=1S/C23H22N2O3/c1-15(16-8-10-19(11-9-16)25-23(27)17-6-7-17)24-22(26)13-12-20-14-18-4-2-3-5-21(18)28-20/h2-5,8-15,17H,6-7H2,1H3,(H,24,26)(H,25,27)/b13-12+. The molecule has 3 aromatic rings. The summed E-state index contributed by atoms with van der Waals surface area (Å²) in [4.78, 5) is 24.0. The molecule has 1 heterocycles. The van der Waals surface area contributed by atoms with E-state index < -0.39 is 0 Å². The quantitative estimate of drug-likeness (QED) is 0.616. The van der Waals surface area contributed by atoms with Crippen LogP contribution in [-0.2, 0) is 9.59 Å². The third-order valence-electron chi connectivity index (χ3n) is 4.83. The smallest absolute Gasteiger partial charge is 0.244 e. The first-order chi connectivity index (χ1) is 13.6. The fraction of sp³-hybridized carbons (Fsp3) is 0.217. The second-order valence-corrected chi connectivity index (χ2v) is 7.14. The van der Waals surface area contributed by atoms with Crippen molar-refractivity contribution in [1.29, 1.82) is 0 Å². The van der Waals surface area contributed by atoms with Crippen LogP contribution in [0.5, 0.6) is 0 Å². The van der Waals surface area contributed by atoms with Crippen LogP contribution < -0.4 is 10.6 Å². The first kappa shape index (κ1) is 18.0. The van der Waals surface area contributed by atoms with Gasteiger partial charge in [-0.15, -0.1) is 0 Å². The first-order valence-electron chi connectivity index (χ1n) is 9.46. The van der Waals surface area contributed by atoms with Gasteiger partial charge in [0.05, 0.1) is 6.04 Å². The Bertz CT molecular complexity index is 996. The Kier molecular flexibility index (Phi) is 4.98. The van der Waals surface area contributed by atoms with Crippen molar-refractivity contribution >= 4 is 34.5 Å². The normalized spacial score (nSPS) is 14.9. The van der Waals surface area contributed by atoms with Crippen molar-refractivity contribution in [3.05, 3.63) is 72.0 Å². The number of hydrogen-bond acceptors (Lipinski definition) is 3. The summed E-state index contributed by atoms with van der Waals surface area (Å²) in [7, 11) is 0. The molecule has 4 rings (SSSR count). The number of furan rings is 1. The number of rotatable bonds is 6. The van der Waals surface area contributed by atoms with E-state index >= 15 is 0 Å². The highest BCUT2D eigenvalue weighted by Crippen LogP contribution is 2.30. The van der Waals surface area contributed by atoms with Gasteiger partial charge in [-0.3, -0.25) is 9.59 Å². The van der Waals surface area contributed by atoms with Crippen LogP contribution in [0.2, 0.25) is 0 Å². The molecule has 142 valence electrons. The van der Waals surface area contributed by atoms with Crippen molar-refractivity contribution in [1.82, 2.24) is 5.32 Å². The summed E-state index contributed by atoms with van der Waals surface area (Å²) in [5.74, 6) is 0.708. The van der Waals surface area contributed by atoms with E-state index in [1.165, 1.54) is 6.08 Å². The van der Waals surface area contributed by atoms with Gasteiger partial charge >= 0.3 is 0 Å². The summed E-state index contributed by atoms with van der Waals surface area (Å²) >= 11 is 0. The molecule has 1 saturated carbocycles. The molecule has 1 fully saturated rings. The average molecular weight is 374 g/mol. The zero-order valence-corrected chi connectivity index (χ0v) is 15.6. The number of para-hydroxylation sites is 1. The van der Waals surface area contributed by atoms with Gasteiger partial charge in [-0.1, -0.05) is 30.3 Å². The maximum atomic E-state index is 12.2. The fourth-order valence-electron chi connectivity index (χ4n) is 3.03. The summed E-state index contributed by atoms with van der Waals surface area (Å²) in [6, 6.07) is 17.0. The lowest BCUT2D eigenvalue weighted by Gasteiger charge is -2.14. The predicted molar refractivity (Wildman–Crippen MR) is 110 cm³/mol. The summed E-state index contributed by atoms with van der Waals surface area (Å²) < 4.78 is 5.67. The molecule has 5 nitrogen and oxygen atoms in total. The van der Waals surface area contributed by atoms with Crippen LogP contribution in [0.25, 0.3) is 17.0 Å². The molecule has 1 atom stereocenters. The van der Waals surface area contributed by atoms with Crippen LogP contribution in [0.15, 0.2) is 65.1 Å². The van der Waals surface area contributed by atoms with E-state index in [4.69, 9.17) is 4.42 Å². The molecule has 0 radical (unpaired) electrons. The second kappa shape index (κ2) is 7.72. The molecule has 0 aliphatic heterocycles. The molecule has 2 aromatic carbocycles. The Morgan fingerprint density at radius 3 is 2.57 bits per heavy atom. The Hall–Kier alpha value is -3.34. The molecule has 1 unspecified atom stereocenters. The average Bonchev–Trinajstić information content (AvgIpc) is 3.46. The number of nitrogens with one attached hydrogen (secondary N) is 2. The van der Waals surface area contributed by atoms with E-state index in [1.54, 1.807) is 6.08 Å². The molecule has 2 N–H and O–H groups in total. The largest absolute Gasteiger partial charge is 0.457 e. The van der Waals surface area contributed by atoms with Crippen molar-refractivity contribution in [3.8, 4) is 0 Å². The van der Waals surface area contributed by atoms with Gasteiger partial charge < -0.3 is 15.1 Å². The molecule has 0 saturated heterocycles. The van der Waals surface area contributed by atoms with Crippen molar-refractivity contribution in [3.63, 3.8) is 0 Å². The second-order valence-electron chi connectivity index (χ2n) is 7.14. The van der Waals surface area contributed by atoms with Crippen LogP contribution in [0.1, 0.15) is 37.1 Å². The molecule has 5 heteroatoms. The summed E-state index contributed by atoms with van der Waals surface area (Å²) in [6.45, 7) is 1.92. The number of hydrogen-bond donors (Lipinski definition) is 2. The first-order valence-corrected chi connectivity index (χ1v) is 9.46. The van der Waals surface area contributed by atoms with Crippen molar-refractivity contribution in [2.45, 2.75) is 25.8 Å². The number of amides is 2. The van der Waals surface area contributed by atoms with Crippen LogP contribution >= 0.6 is 0 Å². The van der Waals surface area contributed by atoms with Crippen LogP contribution in [0.4, 0.5) is 5.69 Å². The van der Waals surface area contributed by atoms with Crippen LogP contribution in [0.3, 0.4) is 0 Å². The Morgan fingerprint density at radius 1 is 1.11 bits per heavy atom. The van der Waals surface area contributed by atoms with Gasteiger partial charge in [0.15, 0.2) is 0 Å². The molecular weight excluding hydrogens is 352 g/mol. The van der Waals surface area contributed by atoms with E-state index in [0.29, 0.717) is 5.76 Å². The number of carbonyl (C=O) groups is 2. The highest BCUT2D eigenvalue weighted by molar-refractivity contribution is 5.94. The predicted octanol–water partition coefficient (Wildman–Crippen LogP) is 4.67. The highest BCUT2D eigenvalue weighted by Gasteiger charge is 2.29. The molecular formula is C23H22N2O3. The molecule has 28 heavy (non-hydrogen) atoms. The van der Waals surface area contributed by atoms with Crippen LogP contribution in [0, 0.1) is 5.92 Å². The maximum Gasteiger partial charge on any atom is 0.244 e. The summed E-state index contributed by atoms with van der Waals surface area (Å²) in [6.07, 6.45) is 5.10. The topological polar surface area (TPSA) is 71.3 Å². The minimum absolute atomic E-state index is 0.0878. The summed E-state index contributed by atoms with van der Waals surface area (Å²) in [5, 5.41) is 6.85. The zero-order chi connectivity index (χ0) is 19.5. The lowest BCUT2D eigenvalue weighted by molar-refractivity contribution is -0.118. The molecule has 2 amide bonds. The zero-order valence-electron chi connectivity index (χ0n) is 15.6. The van der Waals surface area contributed by atoms with E-state index in [0.717, 1.165) is 35.1 Å². The monoisotopic (exact) mass is 374 g/mol. The number of carbonyl (C=O) groups excluding carboxylic acids is 2. The summed E-state index contributed by atoms with van der Waals surface area (Å²) in [5.41, 5.74) is 2.55. The van der Waals surface area contributed by atoms with Gasteiger partial charge in [-0.2, -0.15) is 0 Å². The molecule has 1 aliphatic carbocycles. The molecule has 0 spiro atoms. The lowest BCUT2D eigenvalue weighted by Crippen LogP contribution is -2.24. The molecule has 1 aromatic heterocycles. The minimum Gasteiger partial charge on any atom is -0.457 e. The third-order valence-corrected chi connectivity index (χ3v) is 4.83. The third kappa shape index (κ3) is 4.31. The fourth-order valence-corrected chi connectivity index (χ4v) is 3.03. The Labute approximate surface area is 163 Å². The minimum atomic E-state index is -0.195. The van der Waals surface area contributed by atoms with Gasteiger partial charge in [0.1, 0.15) is 11.3 Å². The van der Waals surface area contributed by atoms with Gasteiger partial charge in [0.2, 0.25) is 11.8 Å². The van der Waals surface area contributed by atoms with Gasteiger partial charge in [0.25, 0.3) is 0 Å². The van der Waals surface area contributed by atoms with E-state index in [-0.39, 0.29) is 23.8 Å². The maximum absolute atomic E-state index is 12.2. The number of benzene rings is 2. The van der Waals surface area contributed by atoms with E-state index in [9.17, 15) is 9.59 Å². The van der Waals surface area contributed by atoms with E-state index in [1.807, 2.05) is 61.5 Å². The lowest BCUT2D eigenvalue weighted by atomic mass is 10.1. The van der Waals surface area contributed by atoms with Gasteiger partial charge in [0, 0.05) is 23.1 Å². The van der Waals surface area contributed by atoms with Gasteiger partial charge in [-0.25, -0.2) is 0 Å². The Morgan fingerprint density at radius 2 is 1.86 bits per heavy atom. The SMILES string of the molecule is CC(NC(=O)/C=C/c1cc2ccccc2o1)c1ccc(NC(=O)C2CC2)cc1. The van der Waals surface area contributed by atoms with Crippen molar-refractivity contribution < 1.29 is 14.0 Å². The van der Waals surface area contributed by atoms with Crippen molar-refractivity contribution in [2.24, 2.45) is 5.92 Å². The van der Waals surface area contributed by atoms with Gasteiger partial charge in [-0.05, 0) is 55.7 Å². The molecule has 1 aliphatic rings. The highest BCUT2D eigenvalue weighted by atomic mass is 16.3. The van der Waals surface area contributed by atoms with Crippen LogP contribution in [-0.4, -0.2) is 11.8 Å². The van der Waals surface area contributed by atoms with E-state index in [2.05, 4.69) is 10.6 Å². The number of fused-ring (bicyclic) bond motifs is 1. The van der Waals surface area contributed by atoms with Crippen molar-refractivity contribution in [2.75, 3.05) is 5.32 Å². The molecule has 0 bridgehead atoms.